The molecule has 0 saturated carbocycles. The number of aryl methyl sites for hydroxylation is 1. The van der Waals surface area contributed by atoms with Crippen LogP contribution < -0.4 is 15.0 Å². The Morgan fingerprint density at radius 1 is 1.07 bits per heavy atom. The number of anilines is 1. The van der Waals surface area contributed by atoms with Crippen LogP contribution in [-0.2, 0) is 7.05 Å². The van der Waals surface area contributed by atoms with E-state index in [0.717, 1.165) is 17.1 Å². The van der Waals surface area contributed by atoms with Crippen molar-refractivity contribution >= 4 is 23.0 Å². The van der Waals surface area contributed by atoms with Crippen LogP contribution in [0.1, 0.15) is 37.3 Å². The summed E-state index contributed by atoms with van der Waals surface area (Å²) < 4.78 is 7.92. The number of ether oxygens (including phenoxy) is 1. The molecule has 3 aromatic rings. The molecular weight excluding hydrogens is 368 g/mol. The van der Waals surface area contributed by atoms with Crippen molar-refractivity contribution in [3.05, 3.63) is 78.4 Å². The number of nitrogens with one attached hydrogen (secondary N) is 1. The van der Waals surface area contributed by atoms with Crippen LogP contribution in [0.15, 0.2) is 67.0 Å². The first-order chi connectivity index (χ1) is 13.5. The summed E-state index contributed by atoms with van der Waals surface area (Å²) >= 11 is 5.74. The van der Waals surface area contributed by atoms with Gasteiger partial charge in [0.1, 0.15) is 11.8 Å². The highest BCUT2D eigenvalue weighted by Crippen LogP contribution is 2.41. The van der Waals surface area contributed by atoms with Crippen molar-refractivity contribution in [1.29, 1.82) is 0 Å². The summed E-state index contributed by atoms with van der Waals surface area (Å²) in [6.07, 6.45) is 4.03. The molecule has 1 aliphatic heterocycles. The Hall–Kier alpha value is -2.86. The van der Waals surface area contributed by atoms with E-state index in [9.17, 15) is 0 Å². The summed E-state index contributed by atoms with van der Waals surface area (Å²) in [6, 6.07) is 18.2. The van der Waals surface area contributed by atoms with Crippen molar-refractivity contribution < 1.29 is 4.74 Å². The van der Waals surface area contributed by atoms with Crippen molar-refractivity contribution in [3.8, 4) is 5.75 Å². The zero-order valence-electron chi connectivity index (χ0n) is 16.2. The minimum atomic E-state index is -0.0334. The number of hydrogen-bond acceptors (Lipinski definition) is 3. The highest BCUT2D eigenvalue weighted by atomic mass is 32.1. The van der Waals surface area contributed by atoms with E-state index < -0.39 is 0 Å². The van der Waals surface area contributed by atoms with Crippen LogP contribution in [0.5, 0.6) is 5.75 Å². The van der Waals surface area contributed by atoms with Crippen LogP contribution in [0.3, 0.4) is 0 Å². The third-order valence-corrected chi connectivity index (χ3v) is 5.19. The van der Waals surface area contributed by atoms with E-state index in [2.05, 4.69) is 57.3 Å². The molecule has 0 amide bonds. The molecule has 28 heavy (non-hydrogen) atoms. The van der Waals surface area contributed by atoms with E-state index in [-0.39, 0.29) is 18.2 Å². The molecule has 2 atom stereocenters. The molecule has 4 rings (SSSR count). The molecular formula is C22H24N4OS. The summed E-state index contributed by atoms with van der Waals surface area (Å²) in [4.78, 5) is 6.75. The van der Waals surface area contributed by atoms with Gasteiger partial charge < -0.3 is 19.5 Å². The van der Waals surface area contributed by atoms with Crippen LogP contribution in [0.25, 0.3) is 0 Å². The SMILES string of the molecule is CC(C)Oc1ccc(N2C(=S)N[C@@H](c3ccccn3)[C@H]2c2cccn2C)cc1. The number of hydrogen-bond donors (Lipinski definition) is 1. The Morgan fingerprint density at radius 2 is 1.86 bits per heavy atom. The van der Waals surface area contributed by atoms with Crippen LogP contribution in [0, 0.1) is 0 Å². The Balaban J connectivity index is 1.74. The normalized spacial score (nSPS) is 19.1. The number of rotatable bonds is 5. The Morgan fingerprint density at radius 3 is 2.46 bits per heavy atom. The van der Waals surface area contributed by atoms with Gasteiger partial charge in [0.25, 0.3) is 0 Å². The Bertz CT molecular complexity index is 952. The second kappa shape index (κ2) is 7.64. The van der Waals surface area contributed by atoms with Gasteiger partial charge in [-0.2, -0.15) is 0 Å². The predicted molar refractivity (Wildman–Crippen MR) is 116 cm³/mol. The monoisotopic (exact) mass is 392 g/mol. The quantitative estimate of drug-likeness (QED) is 0.653. The lowest BCUT2D eigenvalue weighted by Gasteiger charge is -2.28. The highest BCUT2D eigenvalue weighted by Gasteiger charge is 2.41. The van der Waals surface area contributed by atoms with Gasteiger partial charge in [0.05, 0.1) is 17.8 Å². The second-order valence-electron chi connectivity index (χ2n) is 7.20. The maximum atomic E-state index is 5.79. The fourth-order valence-electron chi connectivity index (χ4n) is 3.67. The van der Waals surface area contributed by atoms with E-state index in [4.69, 9.17) is 17.0 Å². The summed E-state index contributed by atoms with van der Waals surface area (Å²) in [7, 11) is 2.06. The Kier molecular flexibility index (Phi) is 5.05. The van der Waals surface area contributed by atoms with Crippen molar-refractivity contribution in [2.24, 2.45) is 7.05 Å². The van der Waals surface area contributed by atoms with Gasteiger partial charge in [-0.25, -0.2) is 0 Å². The molecule has 1 saturated heterocycles. The predicted octanol–water partition coefficient (Wildman–Crippen LogP) is 4.38. The fraction of sp³-hybridized carbons (Fsp3) is 0.273. The maximum Gasteiger partial charge on any atom is 0.174 e. The summed E-state index contributed by atoms with van der Waals surface area (Å²) in [5, 5.41) is 4.18. The van der Waals surface area contributed by atoms with Gasteiger partial charge in [-0.05, 0) is 74.6 Å². The zero-order chi connectivity index (χ0) is 19.7. The topological polar surface area (TPSA) is 42.3 Å². The zero-order valence-corrected chi connectivity index (χ0v) is 17.1. The minimum absolute atomic E-state index is 0.000679. The van der Waals surface area contributed by atoms with Crippen molar-refractivity contribution in [3.63, 3.8) is 0 Å². The lowest BCUT2D eigenvalue weighted by molar-refractivity contribution is 0.242. The molecule has 3 heterocycles. The van der Waals surface area contributed by atoms with Crippen LogP contribution >= 0.6 is 12.2 Å². The molecule has 1 aromatic carbocycles. The molecule has 5 nitrogen and oxygen atoms in total. The first-order valence-electron chi connectivity index (χ1n) is 9.43. The largest absolute Gasteiger partial charge is 0.491 e. The molecule has 1 N–H and O–H groups in total. The lowest BCUT2D eigenvalue weighted by atomic mass is 10.0. The summed E-state index contributed by atoms with van der Waals surface area (Å²) in [6.45, 7) is 4.05. The van der Waals surface area contributed by atoms with Crippen LogP contribution in [-0.4, -0.2) is 20.8 Å². The Labute approximate surface area is 171 Å². The van der Waals surface area contributed by atoms with Gasteiger partial charge in [-0.1, -0.05) is 6.07 Å². The maximum absolute atomic E-state index is 5.79. The number of pyridine rings is 1. The van der Waals surface area contributed by atoms with Gasteiger partial charge in [0, 0.05) is 30.8 Å². The molecule has 1 fully saturated rings. The number of benzene rings is 1. The first kappa shape index (κ1) is 18.5. The number of aromatic nitrogens is 2. The number of nitrogens with zero attached hydrogens (tertiary/aromatic N) is 3. The van der Waals surface area contributed by atoms with Gasteiger partial charge >= 0.3 is 0 Å². The average molecular weight is 393 g/mol. The molecule has 0 spiro atoms. The van der Waals surface area contributed by atoms with Crippen molar-refractivity contribution in [2.45, 2.75) is 32.0 Å². The molecule has 2 aromatic heterocycles. The van der Waals surface area contributed by atoms with E-state index >= 15 is 0 Å². The highest BCUT2D eigenvalue weighted by molar-refractivity contribution is 7.80. The van der Waals surface area contributed by atoms with Gasteiger partial charge in [0.15, 0.2) is 5.11 Å². The molecule has 1 aliphatic rings. The number of thiocarbonyl (C=S) groups is 1. The van der Waals surface area contributed by atoms with Crippen LogP contribution in [0.2, 0.25) is 0 Å². The first-order valence-corrected chi connectivity index (χ1v) is 9.84. The summed E-state index contributed by atoms with van der Waals surface area (Å²) in [5.41, 5.74) is 3.17. The fourth-order valence-corrected chi connectivity index (χ4v) is 4.02. The van der Waals surface area contributed by atoms with Crippen LogP contribution in [0.4, 0.5) is 5.69 Å². The smallest absolute Gasteiger partial charge is 0.174 e. The molecule has 6 heteroatoms. The molecule has 0 aliphatic carbocycles. The molecule has 0 radical (unpaired) electrons. The minimum Gasteiger partial charge on any atom is -0.491 e. The third kappa shape index (κ3) is 3.47. The van der Waals surface area contributed by atoms with Gasteiger partial charge in [-0.15, -0.1) is 0 Å². The van der Waals surface area contributed by atoms with Crippen molar-refractivity contribution in [1.82, 2.24) is 14.9 Å². The average Bonchev–Trinajstić information content (AvgIpc) is 3.25. The molecule has 0 bridgehead atoms. The molecule has 0 unspecified atom stereocenters. The summed E-state index contributed by atoms with van der Waals surface area (Å²) in [5.74, 6) is 0.855. The van der Waals surface area contributed by atoms with E-state index in [0.29, 0.717) is 5.11 Å². The van der Waals surface area contributed by atoms with E-state index in [1.54, 1.807) is 0 Å². The van der Waals surface area contributed by atoms with E-state index in [1.807, 2.05) is 50.4 Å². The van der Waals surface area contributed by atoms with Crippen molar-refractivity contribution in [2.75, 3.05) is 4.90 Å². The third-order valence-electron chi connectivity index (χ3n) is 4.87. The lowest BCUT2D eigenvalue weighted by Crippen LogP contribution is -2.30. The second-order valence-corrected chi connectivity index (χ2v) is 7.59. The molecule has 144 valence electrons. The van der Waals surface area contributed by atoms with E-state index in [1.165, 1.54) is 5.69 Å². The van der Waals surface area contributed by atoms with Gasteiger partial charge in [-0.3, -0.25) is 4.98 Å². The standard InChI is InChI=1S/C22H24N4OS/c1-15(2)27-17-11-9-16(10-12-17)26-21(19-8-6-14-25(19)3)20(24-22(26)28)18-7-4-5-13-23-18/h4-15,20-21H,1-3H3,(H,24,28)/t20-,21+/m0/s1. The van der Waals surface area contributed by atoms with Gasteiger partial charge in [0.2, 0.25) is 0 Å².